The average Bonchev–Trinajstić information content (AvgIpc) is 2.98. The summed E-state index contributed by atoms with van der Waals surface area (Å²) >= 11 is 6.49. The van der Waals surface area contributed by atoms with Gasteiger partial charge < -0.3 is 4.43 Å². The monoisotopic (exact) mass is 509 g/mol. The van der Waals surface area contributed by atoms with E-state index in [4.69, 9.17) is 16.0 Å². The maximum atomic E-state index is 15.5. The Kier molecular flexibility index (Phi) is 6.20. The average molecular weight is 510 g/mol. The Hall–Kier alpha value is -1.88. The first-order valence-corrected chi connectivity index (χ1v) is 14.7. The summed E-state index contributed by atoms with van der Waals surface area (Å²) in [6, 6.07) is 7.42. The lowest BCUT2D eigenvalue weighted by atomic mass is 9.74. The largest absolute Gasteiger partial charge is 0.404 e. The summed E-state index contributed by atoms with van der Waals surface area (Å²) in [5.41, 5.74) is 1.78. The maximum absolute atomic E-state index is 15.5. The highest BCUT2D eigenvalue weighted by molar-refractivity contribution is 6.74. The van der Waals surface area contributed by atoms with Crippen molar-refractivity contribution in [3.8, 4) is 6.07 Å². The Morgan fingerprint density at radius 3 is 2.41 bits per heavy atom. The van der Waals surface area contributed by atoms with E-state index in [0.29, 0.717) is 23.1 Å². The lowest BCUT2D eigenvalue weighted by Gasteiger charge is -2.40. The number of benzene rings is 2. The summed E-state index contributed by atoms with van der Waals surface area (Å²) in [6.45, 7) is 9.80. The van der Waals surface area contributed by atoms with Crippen LogP contribution in [0.15, 0.2) is 24.3 Å². The van der Waals surface area contributed by atoms with Gasteiger partial charge in [-0.3, -0.25) is 0 Å². The van der Waals surface area contributed by atoms with E-state index < -0.39 is 44.7 Å². The number of hydrogen-bond donors (Lipinski definition) is 0. The van der Waals surface area contributed by atoms with E-state index in [1.165, 1.54) is 0 Å². The standard InChI is InChI=1S/C26H28ClF4NOSi/c1-25(2,3)34(4,5)33-24-23-19(12-26(24,30)31)16(6-8-20(23)27)17-7-9-21(29)18-11-15(28)10-14(13-32)22(17)18/h6,8,10-11,17,21,24H,7,9,12H2,1-5H3/t17?,21-,24-/m0/s1. The van der Waals surface area contributed by atoms with Crippen LogP contribution in [-0.4, -0.2) is 14.2 Å². The van der Waals surface area contributed by atoms with Crippen LogP contribution >= 0.6 is 11.6 Å². The minimum Gasteiger partial charge on any atom is -0.404 e. The number of alkyl halides is 3. The second kappa shape index (κ2) is 8.36. The van der Waals surface area contributed by atoms with Crippen LogP contribution in [0.3, 0.4) is 0 Å². The smallest absolute Gasteiger partial charge is 0.280 e. The third-order valence-corrected chi connectivity index (χ3v) is 12.5. The van der Waals surface area contributed by atoms with Gasteiger partial charge >= 0.3 is 0 Å². The number of nitriles is 1. The summed E-state index contributed by atoms with van der Waals surface area (Å²) in [5.74, 6) is -4.36. The molecule has 2 aliphatic carbocycles. The highest BCUT2D eigenvalue weighted by Crippen LogP contribution is 2.55. The van der Waals surface area contributed by atoms with Crippen molar-refractivity contribution in [2.75, 3.05) is 0 Å². The van der Waals surface area contributed by atoms with E-state index in [0.717, 1.165) is 12.1 Å². The van der Waals surface area contributed by atoms with Crippen molar-refractivity contribution in [1.29, 1.82) is 5.26 Å². The van der Waals surface area contributed by atoms with Gasteiger partial charge in [-0.2, -0.15) is 5.26 Å². The molecule has 182 valence electrons. The van der Waals surface area contributed by atoms with Crippen molar-refractivity contribution in [3.63, 3.8) is 0 Å². The van der Waals surface area contributed by atoms with Crippen molar-refractivity contribution in [3.05, 3.63) is 68.5 Å². The molecule has 3 atom stereocenters. The van der Waals surface area contributed by atoms with Crippen LogP contribution in [0.5, 0.6) is 0 Å². The summed E-state index contributed by atoms with van der Waals surface area (Å²) in [5, 5.41) is 9.57. The van der Waals surface area contributed by atoms with Crippen molar-refractivity contribution < 1.29 is 22.0 Å². The number of nitrogens with zero attached hydrogens (tertiary/aromatic N) is 1. The summed E-state index contributed by atoms with van der Waals surface area (Å²) in [4.78, 5) is 0. The van der Waals surface area contributed by atoms with Gasteiger partial charge in [0.05, 0.1) is 11.6 Å². The van der Waals surface area contributed by atoms with Crippen LogP contribution in [-0.2, 0) is 10.8 Å². The first-order chi connectivity index (χ1) is 15.7. The number of fused-ring (bicyclic) bond motifs is 2. The second-order valence-electron chi connectivity index (χ2n) is 10.9. The van der Waals surface area contributed by atoms with E-state index in [-0.39, 0.29) is 33.2 Å². The van der Waals surface area contributed by atoms with Gasteiger partial charge in [0.25, 0.3) is 5.92 Å². The first-order valence-electron chi connectivity index (χ1n) is 11.4. The van der Waals surface area contributed by atoms with E-state index in [9.17, 15) is 14.0 Å². The Labute approximate surface area is 204 Å². The molecule has 2 aliphatic rings. The Morgan fingerprint density at radius 1 is 1.12 bits per heavy atom. The zero-order valence-electron chi connectivity index (χ0n) is 19.9. The van der Waals surface area contributed by atoms with Crippen LogP contribution in [0.4, 0.5) is 17.6 Å². The molecule has 0 aromatic heterocycles. The van der Waals surface area contributed by atoms with E-state index in [2.05, 4.69) is 0 Å². The van der Waals surface area contributed by atoms with Crippen molar-refractivity contribution in [1.82, 2.24) is 0 Å². The molecule has 0 radical (unpaired) electrons. The topological polar surface area (TPSA) is 33.0 Å². The maximum Gasteiger partial charge on any atom is 0.280 e. The fraction of sp³-hybridized carbons (Fsp3) is 0.500. The molecular formula is C26H28ClF4NOSi. The van der Waals surface area contributed by atoms with Crippen LogP contribution in [0.1, 0.15) is 85.2 Å². The first kappa shape index (κ1) is 25.2. The molecule has 34 heavy (non-hydrogen) atoms. The molecule has 2 aromatic carbocycles. The summed E-state index contributed by atoms with van der Waals surface area (Å²) in [7, 11) is -2.57. The van der Waals surface area contributed by atoms with Gasteiger partial charge in [-0.1, -0.05) is 38.4 Å². The molecule has 0 aliphatic heterocycles. The fourth-order valence-corrected chi connectivity index (χ4v) is 6.43. The van der Waals surface area contributed by atoms with Gasteiger partial charge in [0, 0.05) is 22.9 Å². The Morgan fingerprint density at radius 2 is 1.79 bits per heavy atom. The van der Waals surface area contributed by atoms with Crippen molar-refractivity contribution in [2.45, 2.75) is 82.3 Å². The minimum atomic E-state index is -3.17. The predicted molar refractivity (Wildman–Crippen MR) is 127 cm³/mol. The molecule has 0 bridgehead atoms. The molecule has 0 saturated carbocycles. The Balaban J connectivity index is 1.88. The van der Waals surface area contributed by atoms with Crippen LogP contribution < -0.4 is 0 Å². The van der Waals surface area contributed by atoms with E-state index in [1.54, 1.807) is 12.1 Å². The molecular weight excluding hydrogens is 482 g/mol. The van der Waals surface area contributed by atoms with Crippen LogP contribution in [0.2, 0.25) is 23.2 Å². The molecule has 8 heteroatoms. The molecule has 0 amide bonds. The summed E-state index contributed by atoms with van der Waals surface area (Å²) in [6.07, 6.45) is -3.00. The van der Waals surface area contributed by atoms with Crippen molar-refractivity contribution >= 4 is 19.9 Å². The van der Waals surface area contributed by atoms with Gasteiger partial charge in [0.15, 0.2) is 8.32 Å². The lowest BCUT2D eigenvalue weighted by Crippen LogP contribution is -2.44. The SMILES string of the molecule is CC(C)(C)[Si](C)(C)O[C@H]1c2c(Cl)ccc(C3CC[C@H](F)c4cc(F)cc(C#N)c43)c2CC1(F)F. The predicted octanol–water partition coefficient (Wildman–Crippen LogP) is 8.54. The zero-order valence-corrected chi connectivity index (χ0v) is 21.7. The second-order valence-corrected chi connectivity index (χ2v) is 16.1. The summed E-state index contributed by atoms with van der Waals surface area (Å²) < 4.78 is 66.0. The van der Waals surface area contributed by atoms with E-state index >= 15 is 8.78 Å². The van der Waals surface area contributed by atoms with Crippen LogP contribution in [0, 0.1) is 17.1 Å². The highest BCUT2D eigenvalue weighted by Gasteiger charge is 2.54. The molecule has 0 spiro atoms. The van der Waals surface area contributed by atoms with Gasteiger partial charge in [0.1, 0.15) is 18.1 Å². The van der Waals surface area contributed by atoms with Gasteiger partial charge in [0.2, 0.25) is 0 Å². The molecule has 2 nitrogen and oxygen atoms in total. The zero-order chi connectivity index (χ0) is 25.2. The highest BCUT2D eigenvalue weighted by atomic mass is 35.5. The quantitative estimate of drug-likeness (QED) is 0.307. The normalized spacial score (nSPS) is 23.9. The van der Waals surface area contributed by atoms with Gasteiger partial charge in [-0.05, 0) is 71.4 Å². The fourth-order valence-electron chi connectivity index (χ4n) is 4.92. The van der Waals surface area contributed by atoms with E-state index in [1.807, 2.05) is 39.9 Å². The van der Waals surface area contributed by atoms with Gasteiger partial charge in [-0.15, -0.1) is 0 Å². The molecule has 4 rings (SSSR count). The van der Waals surface area contributed by atoms with Crippen LogP contribution in [0.25, 0.3) is 0 Å². The van der Waals surface area contributed by atoms with Gasteiger partial charge in [-0.25, -0.2) is 17.6 Å². The number of hydrogen-bond acceptors (Lipinski definition) is 2. The third kappa shape index (κ3) is 4.08. The minimum absolute atomic E-state index is 0.0323. The molecule has 0 N–H and O–H groups in total. The lowest BCUT2D eigenvalue weighted by molar-refractivity contribution is -0.0900. The molecule has 1 unspecified atom stereocenters. The molecule has 0 heterocycles. The molecule has 0 fully saturated rings. The van der Waals surface area contributed by atoms with Crippen molar-refractivity contribution in [2.24, 2.45) is 0 Å². The third-order valence-electron chi connectivity index (χ3n) is 7.68. The molecule has 2 aromatic rings. The Bertz CT molecular complexity index is 1180. The number of halogens is 5. The number of rotatable bonds is 3. The molecule has 0 saturated heterocycles.